The summed E-state index contributed by atoms with van der Waals surface area (Å²) in [6.45, 7) is 3.97. The molecule has 0 fully saturated rings. The van der Waals surface area contributed by atoms with Crippen molar-refractivity contribution in [3.63, 3.8) is 0 Å². The normalized spacial score (nSPS) is 11.7. The smallest absolute Gasteiger partial charge is 0.338 e. The van der Waals surface area contributed by atoms with E-state index in [-0.39, 0.29) is 34.1 Å². The number of nitrogens with zero attached hydrogens (tertiary/aromatic N) is 2. The minimum atomic E-state index is -4.31. The molecular weight excluding hydrogens is 473 g/mol. The third-order valence-corrected chi connectivity index (χ3v) is 6.54. The first-order chi connectivity index (χ1) is 15.5. The molecular formula is C22H19ClFN3O5S. The van der Waals surface area contributed by atoms with Crippen LogP contribution in [0.1, 0.15) is 17.3 Å². The van der Waals surface area contributed by atoms with Crippen LogP contribution in [-0.2, 0) is 19.6 Å². The number of Topliss-reactive ketones (excluding diaryl/α,β-unsaturated/α-hetero) is 1. The van der Waals surface area contributed by atoms with Crippen molar-refractivity contribution in [2.75, 3.05) is 17.5 Å². The molecule has 0 bridgehead atoms. The molecule has 0 saturated heterocycles. The Kier molecular flexibility index (Phi) is 8.34. The largest absolute Gasteiger partial charge is 0.454 e. The first-order valence-electron chi connectivity index (χ1n) is 9.28. The summed E-state index contributed by atoms with van der Waals surface area (Å²) < 4.78 is 45.8. The molecule has 2 aromatic carbocycles. The van der Waals surface area contributed by atoms with Gasteiger partial charge in [-0.2, -0.15) is 5.26 Å². The summed E-state index contributed by atoms with van der Waals surface area (Å²) in [4.78, 5) is 24.0. The summed E-state index contributed by atoms with van der Waals surface area (Å²) >= 11 is 6.11. The number of benzene rings is 2. The molecule has 0 heterocycles. The molecule has 0 amide bonds. The minimum absolute atomic E-state index is 0.0264. The Morgan fingerprint density at radius 2 is 1.91 bits per heavy atom. The topological polar surface area (TPSA) is 131 Å². The third kappa shape index (κ3) is 5.97. The number of halogens is 2. The van der Waals surface area contributed by atoms with Crippen LogP contribution in [0.5, 0.6) is 0 Å². The quantitative estimate of drug-likeness (QED) is 0.246. The molecule has 0 radical (unpaired) electrons. The zero-order valence-corrected chi connectivity index (χ0v) is 19.0. The predicted octanol–water partition coefficient (Wildman–Crippen LogP) is 3.34. The Bertz CT molecular complexity index is 1260. The Hall–Kier alpha value is -3.68. The van der Waals surface area contributed by atoms with E-state index in [4.69, 9.17) is 27.3 Å². The van der Waals surface area contributed by atoms with Crippen molar-refractivity contribution in [2.24, 2.45) is 5.73 Å². The van der Waals surface area contributed by atoms with Gasteiger partial charge in [0, 0.05) is 5.70 Å². The number of hydrogen-bond donors (Lipinski definition) is 1. The highest BCUT2D eigenvalue weighted by molar-refractivity contribution is 7.93. The average molecular weight is 492 g/mol. The highest BCUT2D eigenvalue weighted by atomic mass is 35.5. The van der Waals surface area contributed by atoms with E-state index < -0.39 is 39.1 Å². The molecule has 0 unspecified atom stereocenters. The van der Waals surface area contributed by atoms with Crippen molar-refractivity contribution >= 4 is 39.1 Å². The van der Waals surface area contributed by atoms with Crippen LogP contribution >= 0.6 is 11.6 Å². The summed E-state index contributed by atoms with van der Waals surface area (Å²) in [5.74, 6) is -2.37. The lowest BCUT2D eigenvalue weighted by Crippen LogP contribution is -2.31. The van der Waals surface area contributed by atoms with E-state index in [1.807, 2.05) is 0 Å². The molecule has 2 rings (SSSR count). The molecule has 0 aliphatic heterocycles. The fourth-order valence-corrected chi connectivity index (χ4v) is 4.61. The van der Waals surface area contributed by atoms with Crippen LogP contribution in [-0.4, -0.2) is 33.3 Å². The second-order valence-electron chi connectivity index (χ2n) is 6.62. The monoisotopic (exact) mass is 491 g/mol. The van der Waals surface area contributed by atoms with Gasteiger partial charge >= 0.3 is 5.97 Å². The summed E-state index contributed by atoms with van der Waals surface area (Å²) in [6, 6.07) is 9.77. The Morgan fingerprint density at radius 3 is 2.45 bits per heavy atom. The molecule has 11 heteroatoms. The maximum absolute atomic E-state index is 13.3. The molecule has 172 valence electrons. The molecule has 0 spiro atoms. The Labute approximate surface area is 195 Å². The van der Waals surface area contributed by atoms with Gasteiger partial charge in [0.05, 0.1) is 22.8 Å². The van der Waals surface area contributed by atoms with E-state index in [0.29, 0.717) is 0 Å². The van der Waals surface area contributed by atoms with Crippen molar-refractivity contribution in [2.45, 2.75) is 11.8 Å². The number of rotatable bonds is 9. The number of carbonyl (C=O) groups excluding carboxylic acids is 2. The fourth-order valence-electron chi connectivity index (χ4n) is 2.67. The standard InChI is InChI=1S/C22H19ClFN3O5S/c1-3-10-27(17-7-5-16(24)6-8-17)33(30,31)21-11-15(4-9-19(21)23)22(29)32-13-20(28)18(12-25)14(2)26/h3-9,11H,1,10,13,26H2,2H3/b18-14+. The van der Waals surface area contributed by atoms with Crippen LogP contribution in [0.3, 0.4) is 0 Å². The molecule has 0 saturated carbocycles. The van der Waals surface area contributed by atoms with Crippen LogP contribution in [0.15, 0.2) is 71.3 Å². The number of allylic oxidation sites excluding steroid dienone is 1. The number of nitriles is 1. The van der Waals surface area contributed by atoms with E-state index in [1.54, 1.807) is 6.07 Å². The van der Waals surface area contributed by atoms with Crippen molar-refractivity contribution in [1.29, 1.82) is 5.26 Å². The number of ketones is 1. The second kappa shape index (κ2) is 10.8. The summed E-state index contributed by atoms with van der Waals surface area (Å²) in [6.07, 6.45) is 1.33. The minimum Gasteiger partial charge on any atom is -0.454 e. The maximum Gasteiger partial charge on any atom is 0.338 e. The van der Waals surface area contributed by atoms with Gasteiger partial charge in [0.25, 0.3) is 10.0 Å². The van der Waals surface area contributed by atoms with Crippen LogP contribution in [0, 0.1) is 17.1 Å². The SMILES string of the molecule is C=CCN(c1ccc(F)cc1)S(=O)(=O)c1cc(C(=O)OCC(=O)/C(C#N)=C(\C)N)ccc1Cl. The van der Waals surface area contributed by atoms with Crippen LogP contribution in [0.25, 0.3) is 0 Å². The Morgan fingerprint density at radius 1 is 1.27 bits per heavy atom. The number of nitrogens with two attached hydrogens (primary N) is 1. The molecule has 0 aromatic heterocycles. The van der Waals surface area contributed by atoms with E-state index >= 15 is 0 Å². The van der Waals surface area contributed by atoms with Gasteiger partial charge in [0.2, 0.25) is 5.78 Å². The van der Waals surface area contributed by atoms with Gasteiger partial charge in [0.15, 0.2) is 6.61 Å². The van der Waals surface area contributed by atoms with Crippen LogP contribution in [0.2, 0.25) is 5.02 Å². The molecule has 2 N–H and O–H groups in total. The Balaban J connectivity index is 2.38. The number of hydrogen-bond acceptors (Lipinski definition) is 7. The van der Waals surface area contributed by atoms with Gasteiger partial charge in [-0.1, -0.05) is 17.7 Å². The van der Waals surface area contributed by atoms with E-state index in [0.717, 1.165) is 22.5 Å². The lowest BCUT2D eigenvalue weighted by Gasteiger charge is -2.24. The van der Waals surface area contributed by atoms with Crippen molar-refractivity contribution < 1.29 is 27.1 Å². The molecule has 0 atom stereocenters. The van der Waals surface area contributed by atoms with Gasteiger partial charge < -0.3 is 10.5 Å². The lowest BCUT2D eigenvalue weighted by molar-refractivity contribution is -0.118. The first kappa shape index (κ1) is 25.6. The average Bonchev–Trinajstić information content (AvgIpc) is 2.77. The third-order valence-electron chi connectivity index (χ3n) is 4.26. The van der Waals surface area contributed by atoms with Gasteiger partial charge in [-0.25, -0.2) is 17.6 Å². The maximum atomic E-state index is 13.3. The first-order valence-corrected chi connectivity index (χ1v) is 11.1. The van der Waals surface area contributed by atoms with Gasteiger partial charge in [-0.05, 0) is 49.4 Å². The fraction of sp³-hybridized carbons (Fsp3) is 0.136. The van der Waals surface area contributed by atoms with Gasteiger partial charge in [0.1, 0.15) is 22.4 Å². The highest BCUT2D eigenvalue weighted by Gasteiger charge is 2.28. The number of ether oxygens (including phenoxy) is 1. The number of carbonyl (C=O) groups is 2. The van der Waals surface area contributed by atoms with E-state index in [1.165, 1.54) is 37.3 Å². The number of sulfonamides is 1. The molecule has 33 heavy (non-hydrogen) atoms. The number of esters is 1. The highest BCUT2D eigenvalue weighted by Crippen LogP contribution is 2.30. The van der Waals surface area contributed by atoms with Crippen LogP contribution in [0.4, 0.5) is 10.1 Å². The second-order valence-corrected chi connectivity index (χ2v) is 8.85. The zero-order valence-electron chi connectivity index (χ0n) is 17.4. The van der Waals surface area contributed by atoms with Gasteiger partial charge in [-0.3, -0.25) is 9.10 Å². The molecule has 2 aromatic rings. The summed E-state index contributed by atoms with van der Waals surface area (Å²) in [5.41, 5.74) is 5.02. The van der Waals surface area contributed by atoms with Crippen molar-refractivity contribution in [3.05, 3.63) is 82.8 Å². The van der Waals surface area contributed by atoms with Gasteiger partial charge in [-0.15, -0.1) is 6.58 Å². The van der Waals surface area contributed by atoms with Crippen LogP contribution < -0.4 is 10.0 Å². The predicted molar refractivity (Wildman–Crippen MR) is 120 cm³/mol. The van der Waals surface area contributed by atoms with Crippen molar-refractivity contribution in [1.82, 2.24) is 0 Å². The van der Waals surface area contributed by atoms with E-state index in [2.05, 4.69) is 6.58 Å². The summed E-state index contributed by atoms with van der Waals surface area (Å²) in [7, 11) is -4.31. The molecule has 8 nitrogen and oxygen atoms in total. The lowest BCUT2D eigenvalue weighted by atomic mass is 10.1. The molecule has 0 aliphatic rings. The van der Waals surface area contributed by atoms with E-state index in [9.17, 15) is 22.4 Å². The zero-order chi connectivity index (χ0) is 24.8. The number of anilines is 1. The summed E-state index contributed by atoms with van der Waals surface area (Å²) in [5, 5.41) is 8.77. The van der Waals surface area contributed by atoms with Crippen molar-refractivity contribution in [3.8, 4) is 6.07 Å². The molecule has 0 aliphatic carbocycles.